The number of fused-ring (bicyclic) bond motifs is 2. The number of carbonyl (C=O) groups excluding carboxylic acids is 2. The normalized spacial score (nSPS) is 13.4. The molecule has 1 aromatic heterocycles. The van der Waals surface area contributed by atoms with Gasteiger partial charge in [0.2, 0.25) is 0 Å². The molecule has 0 radical (unpaired) electrons. The maximum Gasteiger partial charge on any atom is 0.255 e. The third-order valence-corrected chi connectivity index (χ3v) is 5.00. The molecule has 0 fully saturated rings. The Balaban J connectivity index is 1.45. The van der Waals surface area contributed by atoms with Gasteiger partial charge in [-0.25, -0.2) is 4.39 Å². The molecule has 136 valence electrons. The Morgan fingerprint density at radius 2 is 2.00 bits per heavy atom. The average molecular weight is 362 g/mol. The third kappa shape index (κ3) is 3.05. The van der Waals surface area contributed by atoms with Gasteiger partial charge in [-0.15, -0.1) is 0 Å². The quantitative estimate of drug-likeness (QED) is 0.722. The van der Waals surface area contributed by atoms with Crippen molar-refractivity contribution in [2.45, 2.75) is 19.9 Å². The average Bonchev–Trinajstić information content (AvgIpc) is 2.98. The summed E-state index contributed by atoms with van der Waals surface area (Å²) in [5, 5.41) is 3.97. The number of amides is 1. The van der Waals surface area contributed by atoms with Crippen LogP contribution in [0.4, 0.5) is 4.39 Å². The molecule has 1 heterocycles. The number of halogens is 1. The molecule has 0 saturated carbocycles. The fraction of sp³-hybridized carbons (Fsp3) is 0.182. The van der Waals surface area contributed by atoms with Crippen molar-refractivity contribution in [2.75, 3.05) is 6.54 Å². The first-order chi connectivity index (χ1) is 13.1. The number of aryl methyl sites for hydroxylation is 1. The highest BCUT2D eigenvalue weighted by atomic mass is 19.1. The molecule has 0 atom stereocenters. The lowest BCUT2D eigenvalue weighted by Crippen LogP contribution is -2.32. The first-order valence-corrected chi connectivity index (χ1v) is 8.91. The van der Waals surface area contributed by atoms with Crippen molar-refractivity contribution in [1.29, 1.82) is 0 Å². The fourth-order valence-electron chi connectivity index (χ4n) is 3.64. The van der Waals surface area contributed by atoms with E-state index < -0.39 is 17.5 Å². The van der Waals surface area contributed by atoms with E-state index in [1.165, 1.54) is 18.2 Å². The zero-order valence-electron chi connectivity index (χ0n) is 15.0. The standard InChI is InChI=1S/C22H19FN2O2/c1-14-13-15-5-2-3-8-20(15)25(14)12-11-24-22(27)18-10-9-16-17(21(18)26)6-4-7-19(16)23/h2-8,10,13H,9,11-12H2,1H3,(H,24,27). The van der Waals surface area contributed by atoms with Gasteiger partial charge in [0.05, 0.1) is 5.57 Å². The van der Waals surface area contributed by atoms with E-state index in [1.807, 2.05) is 25.1 Å². The van der Waals surface area contributed by atoms with Gasteiger partial charge in [-0.2, -0.15) is 0 Å². The first-order valence-electron chi connectivity index (χ1n) is 8.91. The molecular weight excluding hydrogens is 343 g/mol. The molecule has 0 bridgehead atoms. The van der Waals surface area contributed by atoms with E-state index >= 15 is 0 Å². The minimum Gasteiger partial charge on any atom is -0.350 e. The Hall–Kier alpha value is -3.21. The van der Waals surface area contributed by atoms with Gasteiger partial charge in [-0.1, -0.05) is 36.4 Å². The minimum absolute atomic E-state index is 0.0854. The number of allylic oxidation sites excluding steroid dienone is 1. The molecule has 2 aromatic carbocycles. The number of aromatic nitrogens is 1. The number of nitrogens with one attached hydrogen (secondary N) is 1. The van der Waals surface area contributed by atoms with Crippen LogP contribution < -0.4 is 5.32 Å². The predicted molar refractivity (Wildman–Crippen MR) is 102 cm³/mol. The number of rotatable bonds is 4. The molecule has 4 rings (SSSR count). The number of benzene rings is 2. The van der Waals surface area contributed by atoms with Gasteiger partial charge in [0.15, 0.2) is 5.78 Å². The smallest absolute Gasteiger partial charge is 0.255 e. The Kier molecular flexibility index (Phi) is 4.36. The number of Topliss-reactive ketones (excluding diaryl/α,β-unsaturated/α-hetero) is 1. The molecule has 1 aliphatic carbocycles. The maximum absolute atomic E-state index is 13.8. The molecule has 1 N–H and O–H groups in total. The second kappa shape index (κ2) is 6.83. The molecular formula is C22H19FN2O2. The maximum atomic E-state index is 13.8. The minimum atomic E-state index is -0.421. The highest BCUT2D eigenvalue weighted by Crippen LogP contribution is 2.24. The summed E-state index contributed by atoms with van der Waals surface area (Å²) in [5.41, 5.74) is 2.94. The highest BCUT2D eigenvalue weighted by molar-refractivity contribution is 6.26. The van der Waals surface area contributed by atoms with Crippen molar-refractivity contribution in [1.82, 2.24) is 9.88 Å². The summed E-state index contributed by atoms with van der Waals surface area (Å²) in [6.07, 6.45) is 1.76. The molecule has 0 aliphatic heterocycles. The number of hydrogen-bond acceptors (Lipinski definition) is 2. The van der Waals surface area contributed by atoms with Gasteiger partial charge in [0.1, 0.15) is 5.82 Å². The van der Waals surface area contributed by atoms with E-state index in [9.17, 15) is 14.0 Å². The van der Waals surface area contributed by atoms with E-state index in [4.69, 9.17) is 0 Å². The summed E-state index contributed by atoms with van der Waals surface area (Å²) < 4.78 is 15.9. The first kappa shape index (κ1) is 17.2. The van der Waals surface area contributed by atoms with E-state index in [2.05, 4.69) is 22.0 Å². The van der Waals surface area contributed by atoms with Crippen molar-refractivity contribution in [2.24, 2.45) is 0 Å². The number of hydrogen-bond donors (Lipinski definition) is 1. The summed E-state index contributed by atoms with van der Waals surface area (Å²) in [5.74, 6) is -1.24. The van der Waals surface area contributed by atoms with E-state index in [0.717, 1.165) is 16.6 Å². The fourth-order valence-corrected chi connectivity index (χ4v) is 3.64. The van der Waals surface area contributed by atoms with Crippen LogP contribution in [0.1, 0.15) is 21.6 Å². The van der Waals surface area contributed by atoms with Crippen molar-refractivity contribution >= 4 is 22.6 Å². The zero-order chi connectivity index (χ0) is 19.0. The second-order valence-corrected chi connectivity index (χ2v) is 6.67. The number of ketones is 1. The van der Waals surface area contributed by atoms with Crippen molar-refractivity contribution in [3.63, 3.8) is 0 Å². The van der Waals surface area contributed by atoms with Crippen LogP contribution in [0, 0.1) is 12.7 Å². The van der Waals surface area contributed by atoms with Crippen LogP contribution in [0.2, 0.25) is 0 Å². The topological polar surface area (TPSA) is 51.1 Å². The summed E-state index contributed by atoms with van der Waals surface area (Å²) in [6.45, 7) is 3.04. The highest BCUT2D eigenvalue weighted by Gasteiger charge is 2.26. The lowest BCUT2D eigenvalue weighted by atomic mass is 9.89. The Morgan fingerprint density at radius 1 is 1.19 bits per heavy atom. The second-order valence-electron chi connectivity index (χ2n) is 6.67. The Morgan fingerprint density at radius 3 is 2.85 bits per heavy atom. The molecule has 3 aromatic rings. The van der Waals surface area contributed by atoms with Crippen LogP contribution >= 0.6 is 0 Å². The van der Waals surface area contributed by atoms with Gasteiger partial charge in [0.25, 0.3) is 5.91 Å². The number of carbonyl (C=O) groups is 2. The Labute approximate surface area is 156 Å². The summed E-state index contributed by atoms with van der Waals surface area (Å²) >= 11 is 0. The van der Waals surface area contributed by atoms with Gasteiger partial charge >= 0.3 is 0 Å². The third-order valence-electron chi connectivity index (χ3n) is 5.00. The summed E-state index contributed by atoms with van der Waals surface area (Å²) in [7, 11) is 0. The van der Waals surface area contributed by atoms with Gasteiger partial charge in [-0.05, 0) is 36.9 Å². The molecule has 0 saturated heterocycles. The largest absolute Gasteiger partial charge is 0.350 e. The monoisotopic (exact) mass is 362 g/mol. The van der Waals surface area contributed by atoms with Crippen LogP contribution in [0.5, 0.6) is 0 Å². The Bertz CT molecular complexity index is 1090. The molecule has 1 aliphatic rings. The van der Waals surface area contributed by atoms with Crippen LogP contribution in [-0.4, -0.2) is 22.8 Å². The number of nitrogens with zero attached hydrogens (tertiary/aromatic N) is 1. The lowest BCUT2D eigenvalue weighted by molar-refractivity contribution is -0.117. The van der Waals surface area contributed by atoms with Gasteiger partial charge < -0.3 is 9.88 Å². The van der Waals surface area contributed by atoms with Gasteiger partial charge in [-0.3, -0.25) is 9.59 Å². The van der Waals surface area contributed by atoms with E-state index in [1.54, 1.807) is 6.07 Å². The summed E-state index contributed by atoms with van der Waals surface area (Å²) in [4.78, 5) is 25.0. The molecule has 5 heteroatoms. The van der Waals surface area contributed by atoms with Crippen LogP contribution in [0.25, 0.3) is 10.9 Å². The van der Waals surface area contributed by atoms with Crippen molar-refractivity contribution in [3.05, 3.63) is 82.8 Å². The van der Waals surface area contributed by atoms with Crippen LogP contribution in [-0.2, 0) is 17.8 Å². The van der Waals surface area contributed by atoms with Crippen LogP contribution in [0.3, 0.4) is 0 Å². The lowest BCUT2D eigenvalue weighted by Gasteiger charge is -2.16. The van der Waals surface area contributed by atoms with E-state index in [0.29, 0.717) is 18.7 Å². The molecule has 1 amide bonds. The number of para-hydroxylation sites is 1. The molecule has 27 heavy (non-hydrogen) atoms. The molecule has 0 spiro atoms. The molecule has 0 unspecified atom stereocenters. The summed E-state index contributed by atoms with van der Waals surface area (Å²) in [6, 6.07) is 14.6. The zero-order valence-corrected chi connectivity index (χ0v) is 15.0. The SMILES string of the molecule is Cc1cc2ccccc2n1CCNC(=O)C1=CCc2c(F)cccc2C1=O. The van der Waals surface area contributed by atoms with Crippen molar-refractivity contribution < 1.29 is 14.0 Å². The van der Waals surface area contributed by atoms with Gasteiger partial charge in [0, 0.05) is 35.4 Å². The predicted octanol–water partition coefficient (Wildman–Crippen LogP) is 3.57. The van der Waals surface area contributed by atoms with E-state index in [-0.39, 0.29) is 17.6 Å². The molecule has 4 nitrogen and oxygen atoms in total. The van der Waals surface area contributed by atoms with Crippen LogP contribution in [0.15, 0.2) is 60.2 Å². The van der Waals surface area contributed by atoms with Crippen molar-refractivity contribution in [3.8, 4) is 0 Å².